The fourth-order valence-corrected chi connectivity index (χ4v) is 4.44. The Hall–Kier alpha value is -3.75. The number of hydrogen-bond acceptors (Lipinski definition) is 9. The molecular formula is C29H45ClN6O7. The van der Waals surface area contributed by atoms with E-state index in [4.69, 9.17) is 28.8 Å². The lowest BCUT2D eigenvalue weighted by Crippen LogP contribution is -2.59. The second-order valence-electron chi connectivity index (χ2n) is 9.55. The third-order valence-corrected chi connectivity index (χ3v) is 6.92. The summed E-state index contributed by atoms with van der Waals surface area (Å²) < 4.78 is 0. The van der Waals surface area contributed by atoms with Gasteiger partial charge in [0.2, 0.25) is 17.7 Å². The number of carbonyl (C=O) groups excluding carboxylic acids is 3. The van der Waals surface area contributed by atoms with Crippen LogP contribution in [0.15, 0.2) is 36.4 Å². The van der Waals surface area contributed by atoms with Crippen LogP contribution in [0.1, 0.15) is 39.8 Å². The SMILES string of the molecule is C.C.C.NC[C@H](O)C[C@@H]1NC(=O)[C@@H](N)Cc2cc(ccc2O)-c2ccc(Cl)c(c2)C[C@@H](C(=O)N[C@@H](CN)C(=O)O)NC1=O. The smallest absolute Gasteiger partial charge is 0.327 e. The highest BCUT2D eigenvalue weighted by Crippen LogP contribution is 2.30. The number of phenolic OH excluding ortho intramolecular Hbond substituents is 1. The molecule has 1 aliphatic rings. The molecule has 43 heavy (non-hydrogen) atoms. The first-order valence-electron chi connectivity index (χ1n) is 12.5. The molecule has 0 saturated carbocycles. The van der Waals surface area contributed by atoms with Gasteiger partial charge in [-0.3, -0.25) is 14.4 Å². The van der Waals surface area contributed by atoms with Gasteiger partial charge in [-0.2, -0.15) is 0 Å². The summed E-state index contributed by atoms with van der Waals surface area (Å²) >= 11 is 6.44. The number of carbonyl (C=O) groups is 4. The molecule has 5 atom stereocenters. The summed E-state index contributed by atoms with van der Waals surface area (Å²) in [5, 5.41) is 37.5. The number of carboxylic acid groups (broad SMARTS) is 1. The Bertz CT molecular complexity index is 1280. The topological polar surface area (TPSA) is 243 Å². The summed E-state index contributed by atoms with van der Waals surface area (Å²) in [6.07, 6.45) is -1.71. The average molecular weight is 625 g/mol. The van der Waals surface area contributed by atoms with E-state index in [1.165, 1.54) is 6.07 Å². The number of nitrogens with two attached hydrogens (primary N) is 3. The van der Waals surface area contributed by atoms with E-state index in [1.54, 1.807) is 30.3 Å². The minimum absolute atomic E-state index is 0. The van der Waals surface area contributed by atoms with E-state index in [0.29, 0.717) is 22.3 Å². The van der Waals surface area contributed by atoms with Crippen molar-refractivity contribution >= 4 is 35.3 Å². The van der Waals surface area contributed by atoms with Gasteiger partial charge in [-0.1, -0.05) is 46.0 Å². The summed E-state index contributed by atoms with van der Waals surface area (Å²) in [5.41, 5.74) is 19.2. The molecule has 1 heterocycles. The summed E-state index contributed by atoms with van der Waals surface area (Å²) in [7, 11) is 0. The number of aromatic hydroxyl groups is 1. The van der Waals surface area contributed by atoms with Gasteiger partial charge >= 0.3 is 5.97 Å². The Morgan fingerprint density at radius 1 is 0.953 bits per heavy atom. The molecule has 2 aromatic carbocycles. The van der Waals surface area contributed by atoms with Gasteiger partial charge in [0.1, 0.15) is 23.9 Å². The van der Waals surface area contributed by atoms with E-state index in [2.05, 4.69) is 16.0 Å². The van der Waals surface area contributed by atoms with Gasteiger partial charge in [0.05, 0.1) is 12.1 Å². The largest absolute Gasteiger partial charge is 0.508 e. The highest BCUT2D eigenvalue weighted by molar-refractivity contribution is 6.31. The highest BCUT2D eigenvalue weighted by Gasteiger charge is 2.32. The minimum Gasteiger partial charge on any atom is -0.508 e. The summed E-state index contributed by atoms with van der Waals surface area (Å²) in [6.45, 7) is -0.615. The van der Waals surface area contributed by atoms with Crippen LogP contribution in [0.2, 0.25) is 5.02 Å². The van der Waals surface area contributed by atoms with Crippen LogP contribution in [0.5, 0.6) is 5.75 Å². The third-order valence-electron chi connectivity index (χ3n) is 6.56. The fraction of sp³-hybridized carbons (Fsp3) is 0.448. The van der Waals surface area contributed by atoms with Crippen LogP contribution in [-0.2, 0) is 32.0 Å². The number of nitrogens with one attached hydrogen (secondary N) is 3. The highest BCUT2D eigenvalue weighted by atomic mass is 35.5. The number of carboxylic acids is 1. The number of fused-ring (bicyclic) bond motifs is 5. The first-order valence-corrected chi connectivity index (χ1v) is 12.9. The standard InChI is InChI=1S/C26H33ClN6O7.3CH4/c27-17-3-1-12-5-14(17)8-19(24(37)33-21(11-29)26(39)40)32-25(38)20(9-16(34)10-28)31-23(36)18(30)7-15-6-13(12)2-4-22(15)35;;;/h1-6,16,18-21,34-35H,7-11,28-30H2,(H,31,36)(H,32,38)(H,33,37)(H,39,40);3*1H4/t16-,18+,19+,20+,21+;;;/m1.../s1. The second-order valence-corrected chi connectivity index (χ2v) is 9.95. The first kappa shape index (κ1) is 39.2. The molecule has 1 aliphatic heterocycles. The van der Waals surface area contributed by atoms with Crippen LogP contribution in [-0.4, -0.2) is 82.4 Å². The maximum atomic E-state index is 13.4. The predicted molar refractivity (Wildman–Crippen MR) is 166 cm³/mol. The molecule has 13 nitrogen and oxygen atoms in total. The van der Waals surface area contributed by atoms with Crippen molar-refractivity contribution in [2.45, 2.75) is 71.8 Å². The first-order chi connectivity index (χ1) is 18.9. The Morgan fingerprint density at radius 2 is 1.56 bits per heavy atom. The van der Waals surface area contributed by atoms with Crippen LogP contribution < -0.4 is 33.2 Å². The number of benzene rings is 2. The zero-order valence-electron chi connectivity index (χ0n) is 21.5. The summed E-state index contributed by atoms with van der Waals surface area (Å²) in [5.74, 6) is -3.90. The number of aliphatic carboxylic acids is 1. The average Bonchev–Trinajstić information content (AvgIpc) is 2.92. The van der Waals surface area contributed by atoms with E-state index in [-0.39, 0.29) is 58.9 Å². The molecule has 4 bridgehead atoms. The zero-order valence-corrected chi connectivity index (χ0v) is 22.2. The number of rotatable bonds is 7. The lowest BCUT2D eigenvalue weighted by Gasteiger charge is -2.26. The normalized spacial score (nSPS) is 19.7. The van der Waals surface area contributed by atoms with E-state index < -0.39 is 60.5 Å². The van der Waals surface area contributed by atoms with Crippen molar-refractivity contribution in [2.24, 2.45) is 17.2 Å². The molecular weight excluding hydrogens is 580 g/mol. The number of phenols is 1. The van der Waals surface area contributed by atoms with Crippen LogP contribution >= 0.6 is 11.6 Å². The van der Waals surface area contributed by atoms with Crippen molar-refractivity contribution < 1.29 is 34.5 Å². The van der Waals surface area contributed by atoms with Gasteiger partial charge in [0.25, 0.3) is 0 Å². The maximum absolute atomic E-state index is 13.4. The third kappa shape index (κ3) is 10.2. The number of amides is 3. The molecule has 0 spiro atoms. The van der Waals surface area contributed by atoms with Crippen LogP contribution in [0.3, 0.4) is 0 Å². The van der Waals surface area contributed by atoms with Crippen molar-refractivity contribution in [2.75, 3.05) is 13.1 Å². The minimum atomic E-state index is -1.43. The lowest BCUT2D eigenvalue weighted by atomic mass is 9.96. The molecule has 0 unspecified atom stereocenters. The van der Waals surface area contributed by atoms with Crippen LogP contribution in [0.4, 0.5) is 0 Å². The van der Waals surface area contributed by atoms with Gasteiger partial charge in [0.15, 0.2) is 0 Å². The zero-order chi connectivity index (χ0) is 29.6. The van der Waals surface area contributed by atoms with Gasteiger partial charge in [-0.25, -0.2) is 4.79 Å². The molecule has 240 valence electrons. The number of aliphatic hydroxyl groups excluding tert-OH is 1. The molecule has 0 aliphatic carbocycles. The molecule has 3 rings (SSSR count). The number of halogens is 1. The number of hydrogen-bond donors (Lipinski definition) is 9. The van der Waals surface area contributed by atoms with Crippen molar-refractivity contribution in [3.63, 3.8) is 0 Å². The summed E-state index contributed by atoms with van der Waals surface area (Å²) in [6, 6.07) is 4.49. The molecule has 0 aromatic heterocycles. The Labute approximate surface area is 257 Å². The quantitative estimate of drug-likeness (QED) is 0.203. The monoisotopic (exact) mass is 624 g/mol. The van der Waals surface area contributed by atoms with Gasteiger partial charge in [0, 0.05) is 37.4 Å². The Balaban J connectivity index is 0.00000588. The van der Waals surface area contributed by atoms with Crippen molar-refractivity contribution in [1.82, 2.24) is 16.0 Å². The number of aliphatic hydroxyl groups is 1. The molecule has 0 radical (unpaired) electrons. The maximum Gasteiger partial charge on any atom is 0.327 e. The second kappa shape index (κ2) is 17.4. The molecule has 14 heteroatoms. The Morgan fingerprint density at radius 3 is 2.14 bits per heavy atom. The van der Waals surface area contributed by atoms with Crippen LogP contribution in [0, 0.1) is 0 Å². The predicted octanol–water partition coefficient (Wildman–Crippen LogP) is 0.254. The molecule has 0 fully saturated rings. The molecule has 3 amide bonds. The van der Waals surface area contributed by atoms with Crippen molar-refractivity contribution in [3.05, 3.63) is 52.5 Å². The van der Waals surface area contributed by atoms with E-state index in [1.807, 2.05) is 0 Å². The molecule has 0 saturated heterocycles. The molecule has 2 aromatic rings. The van der Waals surface area contributed by atoms with Gasteiger partial charge < -0.3 is 48.5 Å². The van der Waals surface area contributed by atoms with Crippen LogP contribution in [0.25, 0.3) is 11.1 Å². The summed E-state index contributed by atoms with van der Waals surface area (Å²) in [4.78, 5) is 51.0. The Kier molecular flexibility index (Phi) is 15.9. The van der Waals surface area contributed by atoms with Gasteiger partial charge in [-0.05, 0) is 46.5 Å². The van der Waals surface area contributed by atoms with Crippen molar-refractivity contribution in [3.8, 4) is 16.9 Å². The van der Waals surface area contributed by atoms with E-state index in [9.17, 15) is 34.5 Å². The van der Waals surface area contributed by atoms with E-state index in [0.717, 1.165) is 0 Å². The fourth-order valence-electron chi connectivity index (χ4n) is 4.24. The van der Waals surface area contributed by atoms with E-state index >= 15 is 0 Å². The van der Waals surface area contributed by atoms with Gasteiger partial charge in [-0.15, -0.1) is 0 Å². The molecule has 12 N–H and O–H groups in total. The van der Waals surface area contributed by atoms with Crippen molar-refractivity contribution in [1.29, 1.82) is 0 Å². The lowest BCUT2D eigenvalue weighted by molar-refractivity contribution is -0.142.